The summed E-state index contributed by atoms with van der Waals surface area (Å²) in [5, 5.41) is 1.09. The van der Waals surface area contributed by atoms with E-state index < -0.39 is 15.8 Å². The van der Waals surface area contributed by atoms with E-state index in [1.807, 2.05) is 0 Å². The molecule has 0 bridgehead atoms. The van der Waals surface area contributed by atoms with Crippen molar-refractivity contribution in [2.24, 2.45) is 0 Å². The van der Waals surface area contributed by atoms with E-state index in [0.29, 0.717) is 5.56 Å². The molecular formula is C10H8O4S. The van der Waals surface area contributed by atoms with Crippen LogP contribution in [0.15, 0.2) is 28.5 Å². The number of esters is 1. The Morgan fingerprint density at radius 2 is 2.07 bits per heavy atom. The van der Waals surface area contributed by atoms with Crippen molar-refractivity contribution in [2.75, 3.05) is 7.11 Å². The summed E-state index contributed by atoms with van der Waals surface area (Å²) < 4.78 is 27.5. The van der Waals surface area contributed by atoms with Gasteiger partial charge < -0.3 is 4.74 Å². The minimum atomic E-state index is -3.36. The van der Waals surface area contributed by atoms with Gasteiger partial charge in [-0.3, -0.25) is 0 Å². The van der Waals surface area contributed by atoms with Crippen LogP contribution in [-0.2, 0) is 14.6 Å². The maximum Gasteiger partial charge on any atom is 0.338 e. The number of hydrogen-bond donors (Lipinski definition) is 0. The molecule has 0 aliphatic carbocycles. The van der Waals surface area contributed by atoms with E-state index >= 15 is 0 Å². The number of benzene rings is 1. The minimum Gasteiger partial charge on any atom is -0.465 e. The van der Waals surface area contributed by atoms with Gasteiger partial charge in [-0.05, 0) is 18.2 Å². The Kier molecular flexibility index (Phi) is 2.12. The quantitative estimate of drug-likeness (QED) is 0.673. The molecule has 0 saturated carbocycles. The maximum atomic E-state index is 11.5. The van der Waals surface area contributed by atoms with Crippen molar-refractivity contribution in [3.05, 3.63) is 34.7 Å². The van der Waals surface area contributed by atoms with Crippen LogP contribution in [0.5, 0.6) is 0 Å². The lowest BCUT2D eigenvalue weighted by Crippen LogP contribution is -2.05. The van der Waals surface area contributed by atoms with Gasteiger partial charge in [-0.15, -0.1) is 0 Å². The molecule has 1 aromatic carbocycles. The van der Waals surface area contributed by atoms with Crippen molar-refractivity contribution in [2.45, 2.75) is 4.90 Å². The van der Waals surface area contributed by atoms with Crippen LogP contribution in [0.3, 0.4) is 0 Å². The summed E-state index contributed by atoms with van der Waals surface area (Å²) in [7, 11) is -2.10. The number of hydrogen-bond acceptors (Lipinski definition) is 4. The third-order valence-corrected chi connectivity index (χ3v) is 3.66. The fourth-order valence-corrected chi connectivity index (χ4v) is 2.70. The van der Waals surface area contributed by atoms with Gasteiger partial charge in [0.15, 0.2) is 9.84 Å². The summed E-state index contributed by atoms with van der Waals surface area (Å²) in [6.07, 6.45) is 1.41. The molecule has 0 radical (unpaired) electrons. The van der Waals surface area contributed by atoms with E-state index in [2.05, 4.69) is 4.74 Å². The fourth-order valence-electron chi connectivity index (χ4n) is 1.48. The van der Waals surface area contributed by atoms with Gasteiger partial charge in [0.1, 0.15) is 0 Å². The van der Waals surface area contributed by atoms with Crippen molar-refractivity contribution in [3.8, 4) is 0 Å². The van der Waals surface area contributed by atoms with Gasteiger partial charge in [-0.1, -0.05) is 6.07 Å². The number of carbonyl (C=O) groups is 1. The lowest BCUT2D eigenvalue weighted by atomic mass is 10.1. The molecule has 0 unspecified atom stereocenters. The fraction of sp³-hybridized carbons (Fsp3) is 0.100. The van der Waals surface area contributed by atoms with Crippen LogP contribution < -0.4 is 0 Å². The summed E-state index contributed by atoms with van der Waals surface area (Å²) in [6, 6.07) is 4.53. The minimum absolute atomic E-state index is 0.158. The highest BCUT2D eigenvalue weighted by Gasteiger charge is 2.25. The molecular weight excluding hydrogens is 216 g/mol. The standard InChI is InChI=1S/C10H8O4S/c1-14-10(11)8-3-2-4-9-7(8)5-6-15(9,12)13/h2-6H,1H3. The monoisotopic (exact) mass is 224 g/mol. The van der Waals surface area contributed by atoms with E-state index in [9.17, 15) is 13.2 Å². The molecule has 0 N–H and O–H groups in total. The molecule has 4 nitrogen and oxygen atoms in total. The first kappa shape index (κ1) is 9.92. The highest BCUT2D eigenvalue weighted by atomic mass is 32.2. The molecule has 0 atom stereocenters. The average molecular weight is 224 g/mol. The molecule has 2 rings (SSSR count). The van der Waals surface area contributed by atoms with Crippen molar-refractivity contribution in [3.63, 3.8) is 0 Å². The van der Waals surface area contributed by atoms with Crippen LogP contribution in [0.1, 0.15) is 15.9 Å². The van der Waals surface area contributed by atoms with Crippen molar-refractivity contribution in [1.29, 1.82) is 0 Å². The Bertz CT molecular complexity index is 555. The summed E-state index contributed by atoms with van der Waals surface area (Å²) in [6.45, 7) is 0. The predicted molar refractivity (Wildman–Crippen MR) is 54.0 cm³/mol. The number of methoxy groups -OCH3 is 1. The number of sulfone groups is 1. The van der Waals surface area contributed by atoms with Crippen molar-refractivity contribution in [1.82, 2.24) is 0 Å². The number of carbonyl (C=O) groups excluding carboxylic acids is 1. The zero-order valence-electron chi connectivity index (χ0n) is 7.93. The zero-order chi connectivity index (χ0) is 11.1. The molecule has 1 heterocycles. The maximum absolute atomic E-state index is 11.5. The molecule has 1 aromatic rings. The highest BCUT2D eigenvalue weighted by molar-refractivity contribution is 7.94. The average Bonchev–Trinajstić information content (AvgIpc) is 2.54. The van der Waals surface area contributed by atoms with E-state index in [1.165, 1.54) is 31.4 Å². The first-order chi connectivity index (χ1) is 7.06. The van der Waals surface area contributed by atoms with Gasteiger partial charge in [-0.2, -0.15) is 0 Å². The second kappa shape index (κ2) is 3.20. The third kappa shape index (κ3) is 1.45. The first-order valence-electron chi connectivity index (χ1n) is 4.21. The van der Waals surface area contributed by atoms with Crippen LogP contribution in [0.4, 0.5) is 0 Å². The van der Waals surface area contributed by atoms with E-state index in [0.717, 1.165) is 5.41 Å². The second-order valence-electron chi connectivity index (χ2n) is 3.06. The topological polar surface area (TPSA) is 60.4 Å². The van der Waals surface area contributed by atoms with Crippen molar-refractivity contribution < 1.29 is 17.9 Å². The molecule has 0 fully saturated rings. The van der Waals surface area contributed by atoms with Gasteiger partial charge in [0.2, 0.25) is 0 Å². The van der Waals surface area contributed by atoms with Crippen LogP contribution in [0.25, 0.3) is 6.08 Å². The molecule has 0 amide bonds. The molecule has 1 aliphatic heterocycles. The predicted octanol–water partition coefficient (Wildman–Crippen LogP) is 1.23. The molecule has 1 aliphatic rings. The molecule has 0 aromatic heterocycles. The Morgan fingerprint density at radius 3 is 2.73 bits per heavy atom. The molecule has 15 heavy (non-hydrogen) atoms. The molecule has 0 saturated heterocycles. The summed E-state index contributed by atoms with van der Waals surface area (Å²) in [5.74, 6) is -0.534. The second-order valence-corrected chi connectivity index (χ2v) is 4.86. The Balaban J connectivity index is 2.70. The largest absolute Gasteiger partial charge is 0.465 e. The summed E-state index contributed by atoms with van der Waals surface area (Å²) in [4.78, 5) is 11.5. The lowest BCUT2D eigenvalue weighted by molar-refractivity contribution is 0.0600. The van der Waals surface area contributed by atoms with E-state index in [4.69, 9.17) is 0 Å². The normalized spacial score (nSPS) is 16.1. The number of ether oxygens (including phenoxy) is 1. The highest BCUT2D eigenvalue weighted by Crippen LogP contribution is 2.29. The number of fused-ring (bicyclic) bond motifs is 1. The van der Waals surface area contributed by atoms with E-state index in [1.54, 1.807) is 0 Å². The molecule has 78 valence electrons. The summed E-state index contributed by atoms with van der Waals surface area (Å²) >= 11 is 0. The van der Waals surface area contributed by atoms with Crippen LogP contribution in [0, 0.1) is 0 Å². The lowest BCUT2D eigenvalue weighted by Gasteiger charge is -2.04. The molecule has 0 spiro atoms. The Labute approximate surface area is 87.1 Å². The smallest absolute Gasteiger partial charge is 0.338 e. The number of rotatable bonds is 1. The zero-order valence-corrected chi connectivity index (χ0v) is 8.74. The van der Waals surface area contributed by atoms with Crippen LogP contribution >= 0.6 is 0 Å². The van der Waals surface area contributed by atoms with Gasteiger partial charge in [0.25, 0.3) is 0 Å². The Morgan fingerprint density at radius 1 is 1.33 bits per heavy atom. The molecule has 5 heteroatoms. The van der Waals surface area contributed by atoms with Gasteiger partial charge in [-0.25, -0.2) is 13.2 Å². The van der Waals surface area contributed by atoms with Crippen LogP contribution in [-0.4, -0.2) is 21.5 Å². The summed E-state index contributed by atoms with van der Waals surface area (Å²) in [5.41, 5.74) is 0.677. The van der Waals surface area contributed by atoms with Gasteiger partial charge in [0, 0.05) is 11.0 Å². The first-order valence-corrected chi connectivity index (χ1v) is 5.75. The van der Waals surface area contributed by atoms with E-state index in [-0.39, 0.29) is 10.5 Å². The SMILES string of the molecule is COC(=O)c1cccc2c1C=CS2(=O)=O. The van der Waals surface area contributed by atoms with Crippen molar-refractivity contribution >= 4 is 21.9 Å². The Hall–Kier alpha value is -1.62. The van der Waals surface area contributed by atoms with Gasteiger partial charge >= 0.3 is 5.97 Å². The third-order valence-electron chi connectivity index (χ3n) is 2.19. The van der Waals surface area contributed by atoms with Gasteiger partial charge in [0.05, 0.1) is 17.6 Å². The van der Waals surface area contributed by atoms with Crippen LogP contribution in [0.2, 0.25) is 0 Å².